The van der Waals surface area contributed by atoms with Crippen LogP contribution in [0, 0.1) is 5.41 Å². The molecule has 2 aliphatic rings. The molecule has 0 spiro atoms. The minimum absolute atomic E-state index is 0.0160. The number of likely N-dealkylation sites (tertiary alicyclic amines) is 1. The quantitative estimate of drug-likeness (QED) is 0.785. The Kier molecular flexibility index (Phi) is 5.99. The van der Waals surface area contributed by atoms with Crippen LogP contribution in [0.3, 0.4) is 0 Å². The van der Waals surface area contributed by atoms with Crippen molar-refractivity contribution in [2.75, 3.05) is 33.8 Å². The van der Waals surface area contributed by atoms with Crippen LogP contribution in [0.15, 0.2) is 0 Å². The van der Waals surface area contributed by atoms with Crippen LogP contribution in [0.4, 0.5) is 4.79 Å². The van der Waals surface area contributed by atoms with E-state index in [9.17, 15) is 9.59 Å². The number of carboxylic acids is 1. The van der Waals surface area contributed by atoms with Gasteiger partial charge in [0.1, 0.15) is 0 Å². The molecule has 7 nitrogen and oxygen atoms in total. The Morgan fingerprint density at radius 1 is 1.28 bits per heavy atom. The second kappa shape index (κ2) is 7.50. The maximum atomic E-state index is 12.7. The summed E-state index contributed by atoms with van der Waals surface area (Å²) < 4.78 is 5.62. The molecule has 1 saturated carbocycles. The van der Waals surface area contributed by atoms with Gasteiger partial charge in [-0.1, -0.05) is 13.8 Å². The van der Waals surface area contributed by atoms with Gasteiger partial charge in [-0.05, 0) is 39.7 Å². The standard InChI is InChI=1S/C18H33N3O4/c1-17(2)14(11-18(17,3)25-5)19-16(24)21-9-6-7-13(8-10-21)20(4)12-15(22)23/h13-14H,6-12H2,1-5H3,(H,19,24)(H,22,23). The fourth-order valence-corrected chi connectivity index (χ4v) is 4.03. The average molecular weight is 355 g/mol. The van der Waals surface area contributed by atoms with E-state index in [0.29, 0.717) is 6.54 Å². The summed E-state index contributed by atoms with van der Waals surface area (Å²) in [5.74, 6) is -0.810. The normalized spacial score (nSPS) is 32.0. The Bertz CT molecular complexity index is 511. The van der Waals surface area contributed by atoms with Crippen LogP contribution in [-0.2, 0) is 9.53 Å². The molecule has 2 N–H and O–H groups in total. The number of carbonyl (C=O) groups excluding carboxylic acids is 1. The van der Waals surface area contributed by atoms with Crippen LogP contribution in [0.1, 0.15) is 46.5 Å². The summed E-state index contributed by atoms with van der Waals surface area (Å²) >= 11 is 0. The Hall–Kier alpha value is -1.34. The van der Waals surface area contributed by atoms with E-state index in [1.807, 2.05) is 16.8 Å². The molecule has 0 aromatic heterocycles. The van der Waals surface area contributed by atoms with E-state index >= 15 is 0 Å². The lowest BCUT2D eigenvalue weighted by Gasteiger charge is -2.59. The fourth-order valence-electron chi connectivity index (χ4n) is 4.03. The number of nitrogens with one attached hydrogen (secondary N) is 1. The minimum Gasteiger partial charge on any atom is -0.480 e. The predicted molar refractivity (Wildman–Crippen MR) is 95.6 cm³/mol. The van der Waals surface area contributed by atoms with Gasteiger partial charge in [-0.3, -0.25) is 9.69 Å². The molecule has 7 heteroatoms. The van der Waals surface area contributed by atoms with Crippen molar-refractivity contribution >= 4 is 12.0 Å². The summed E-state index contributed by atoms with van der Waals surface area (Å²) in [6.07, 6.45) is 3.44. The smallest absolute Gasteiger partial charge is 0.317 e. The van der Waals surface area contributed by atoms with Gasteiger partial charge in [0.15, 0.2) is 0 Å². The molecule has 144 valence electrons. The number of rotatable bonds is 5. The molecule has 0 radical (unpaired) electrons. The Labute approximate surface area is 150 Å². The van der Waals surface area contributed by atoms with Gasteiger partial charge in [0.25, 0.3) is 0 Å². The third kappa shape index (κ3) is 4.08. The number of carbonyl (C=O) groups is 2. The van der Waals surface area contributed by atoms with E-state index in [0.717, 1.165) is 32.2 Å². The lowest BCUT2D eigenvalue weighted by molar-refractivity contribution is -0.177. The maximum Gasteiger partial charge on any atom is 0.317 e. The van der Waals surface area contributed by atoms with E-state index in [2.05, 4.69) is 26.1 Å². The number of likely N-dealkylation sites (N-methyl/N-ethyl adjacent to an activating group) is 1. The number of hydrogen-bond acceptors (Lipinski definition) is 4. The average Bonchev–Trinajstić information content (AvgIpc) is 2.79. The van der Waals surface area contributed by atoms with Gasteiger partial charge in [0, 0.05) is 37.7 Å². The van der Waals surface area contributed by atoms with Crippen LogP contribution in [-0.4, -0.2) is 78.4 Å². The number of ether oxygens (including phenoxy) is 1. The molecule has 2 amide bonds. The molecule has 1 aliphatic heterocycles. The van der Waals surface area contributed by atoms with Crippen molar-refractivity contribution in [3.05, 3.63) is 0 Å². The van der Waals surface area contributed by atoms with Crippen molar-refractivity contribution in [3.8, 4) is 0 Å². The number of methoxy groups -OCH3 is 1. The molecule has 0 aromatic carbocycles. The van der Waals surface area contributed by atoms with Crippen LogP contribution in [0.5, 0.6) is 0 Å². The molecule has 0 bridgehead atoms. The second-order valence-corrected chi connectivity index (χ2v) is 8.24. The highest BCUT2D eigenvalue weighted by molar-refractivity contribution is 5.75. The zero-order valence-electron chi connectivity index (χ0n) is 16.2. The van der Waals surface area contributed by atoms with Gasteiger partial charge >= 0.3 is 12.0 Å². The summed E-state index contributed by atoms with van der Waals surface area (Å²) in [6.45, 7) is 7.77. The Morgan fingerprint density at radius 2 is 1.96 bits per heavy atom. The van der Waals surface area contributed by atoms with Gasteiger partial charge in [0.2, 0.25) is 0 Å². The molecule has 2 rings (SSSR count). The molecule has 1 heterocycles. The van der Waals surface area contributed by atoms with Gasteiger partial charge in [0.05, 0.1) is 12.1 Å². The first-order valence-electron chi connectivity index (χ1n) is 9.13. The monoisotopic (exact) mass is 355 g/mol. The van der Waals surface area contributed by atoms with Crippen LogP contribution in [0.2, 0.25) is 0 Å². The van der Waals surface area contributed by atoms with Crippen molar-refractivity contribution in [2.45, 2.75) is 64.1 Å². The second-order valence-electron chi connectivity index (χ2n) is 8.24. The van der Waals surface area contributed by atoms with E-state index in [1.54, 1.807) is 7.11 Å². The van der Waals surface area contributed by atoms with Crippen molar-refractivity contribution in [3.63, 3.8) is 0 Å². The molecule has 1 aliphatic carbocycles. The minimum atomic E-state index is -0.810. The van der Waals surface area contributed by atoms with Gasteiger partial charge < -0.3 is 20.1 Å². The number of urea groups is 1. The molecule has 3 atom stereocenters. The maximum absolute atomic E-state index is 12.7. The predicted octanol–water partition coefficient (Wildman–Crippen LogP) is 1.77. The highest BCUT2D eigenvalue weighted by atomic mass is 16.5. The number of aliphatic carboxylic acids is 1. The van der Waals surface area contributed by atoms with Gasteiger partial charge in [-0.25, -0.2) is 4.79 Å². The van der Waals surface area contributed by atoms with E-state index in [-0.39, 0.29) is 35.7 Å². The summed E-state index contributed by atoms with van der Waals surface area (Å²) in [5.41, 5.74) is -0.304. The zero-order chi connectivity index (χ0) is 18.8. The number of carboxylic acid groups (broad SMARTS) is 1. The number of amides is 2. The van der Waals surface area contributed by atoms with Crippen molar-refractivity contribution in [2.24, 2.45) is 5.41 Å². The SMILES string of the molecule is COC1(C)CC(NC(=O)N2CCCC(N(C)CC(=O)O)CC2)C1(C)C. The highest BCUT2D eigenvalue weighted by Crippen LogP contribution is 2.51. The van der Waals surface area contributed by atoms with Crippen molar-refractivity contribution in [1.82, 2.24) is 15.1 Å². The topological polar surface area (TPSA) is 82.1 Å². The fraction of sp³-hybridized carbons (Fsp3) is 0.889. The van der Waals surface area contributed by atoms with E-state index in [1.165, 1.54) is 0 Å². The summed E-state index contributed by atoms with van der Waals surface area (Å²) in [7, 11) is 3.57. The highest BCUT2D eigenvalue weighted by Gasteiger charge is 2.58. The van der Waals surface area contributed by atoms with Gasteiger partial charge in [-0.2, -0.15) is 0 Å². The molecule has 3 unspecified atom stereocenters. The van der Waals surface area contributed by atoms with Crippen LogP contribution < -0.4 is 5.32 Å². The Balaban J connectivity index is 1.86. The summed E-state index contributed by atoms with van der Waals surface area (Å²) in [4.78, 5) is 27.3. The third-order valence-electron chi connectivity index (χ3n) is 6.57. The van der Waals surface area contributed by atoms with Crippen molar-refractivity contribution < 1.29 is 19.4 Å². The summed E-state index contributed by atoms with van der Waals surface area (Å²) in [6, 6.07) is 0.308. The first-order chi connectivity index (χ1) is 11.6. The molecule has 2 fully saturated rings. The lowest BCUT2D eigenvalue weighted by atomic mass is 9.56. The molecule has 1 saturated heterocycles. The zero-order valence-corrected chi connectivity index (χ0v) is 16.2. The van der Waals surface area contributed by atoms with Crippen molar-refractivity contribution in [1.29, 1.82) is 0 Å². The lowest BCUT2D eigenvalue weighted by Crippen LogP contribution is -2.69. The van der Waals surface area contributed by atoms with E-state index in [4.69, 9.17) is 9.84 Å². The first kappa shape index (κ1) is 20.0. The first-order valence-corrected chi connectivity index (χ1v) is 9.13. The van der Waals surface area contributed by atoms with Crippen LogP contribution in [0.25, 0.3) is 0 Å². The van der Waals surface area contributed by atoms with Crippen LogP contribution >= 0.6 is 0 Å². The third-order valence-corrected chi connectivity index (χ3v) is 6.57. The Morgan fingerprint density at radius 3 is 2.52 bits per heavy atom. The molecule has 0 aromatic rings. The molecule has 25 heavy (non-hydrogen) atoms. The number of hydrogen-bond donors (Lipinski definition) is 2. The van der Waals surface area contributed by atoms with Gasteiger partial charge in [-0.15, -0.1) is 0 Å². The molecular weight excluding hydrogens is 322 g/mol. The number of nitrogens with zero attached hydrogens (tertiary/aromatic N) is 2. The van der Waals surface area contributed by atoms with E-state index < -0.39 is 5.97 Å². The summed E-state index contributed by atoms with van der Waals surface area (Å²) in [5, 5.41) is 12.1. The molecular formula is C18H33N3O4. The largest absolute Gasteiger partial charge is 0.480 e.